The van der Waals surface area contributed by atoms with Crippen molar-refractivity contribution < 1.29 is 9.21 Å². The summed E-state index contributed by atoms with van der Waals surface area (Å²) >= 11 is 0. The molecule has 0 radical (unpaired) electrons. The highest BCUT2D eigenvalue weighted by Gasteiger charge is 2.31. The monoisotopic (exact) mass is 283 g/mol. The van der Waals surface area contributed by atoms with E-state index in [1.165, 1.54) is 0 Å². The third kappa shape index (κ3) is 2.33. The summed E-state index contributed by atoms with van der Waals surface area (Å²) in [4.78, 5) is 23.1. The molecule has 5 nitrogen and oxygen atoms in total. The van der Waals surface area contributed by atoms with Gasteiger partial charge in [-0.2, -0.15) is 0 Å². The van der Waals surface area contributed by atoms with Gasteiger partial charge in [0.15, 0.2) is 0 Å². The second kappa shape index (κ2) is 4.98. The van der Waals surface area contributed by atoms with Crippen LogP contribution >= 0.6 is 0 Å². The van der Waals surface area contributed by atoms with Gasteiger partial charge in [0.05, 0.1) is 17.5 Å². The zero-order valence-electron chi connectivity index (χ0n) is 11.8. The number of aromatic nitrogens is 2. The van der Waals surface area contributed by atoms with Crippen molar-refractivity contribution in [3.05, 3.63) is 47.4 Å². The minimum atomic E-state index is 0.0477. The summed E-state index contributed by atoms with van der Waals surface area (Å²) in [6.07, 6.45) is 9.00. The van der Waals surface area contributed by atoms with Crippen LogP contribution in [0.4, 0.5) is 0 Å². The molecular weight excluding hydrogens is 266 g/mol. The van der Waals surface area contributed by atoms with Crippen LogP contribution in [0.25, 0.3) is 0 Å². The number of hydrogen-bond donors (Lipinski definition) is 0. The molecule has 0 atom stereocenters. The van der Waals surface area contributed by atoms with Crippen molar-refractivity contribution in [3.63, 3.8) is 0 Å². The first-order chi connectivity index (χ1) is 10.3. The van der Waals surface area contributed by atoms with Crippen LogP contribution < -0.4 is 0 Å². The van der Waals surface area contributed by atoms with Gasteiger partial charge in [0.25, 0.3) is 5.91 Å². The average molecular weight is 283 g/mol. The Labute approximate surface area is 123 Å². The lowest BCUT2D eigenvalue weighted by Gasteiger charge is -2.21. The predicted octanol–water partition coefficient (Wildman–Crippen LogP) is 2.54. The molecule has 0 aromatic carbocycles. The van der Waals surface area contributed by atoms with Crippen molar-refractivity contribution in [2.45, 2.75) is 38.1 Å². The molecule has 0 spiro atoms. The van der Waals surface area contributed by atoms with Crippen LogP contribution in [-0.2, 0) is 13.0 Å². The molecule has 2 aromatic heterocycles. The summed E-state index contributed by atoms with van der Waals surface area (Å²) in [7, 11) is 0. The number of hydrogen-bond acceptors (Lipinski definition) is 4. The standard InChI is InChI=1S/C16H17N3O2/c20-16(13-8-17-10-18-15(13)11-3-4-11)19-6-1-2-14-12(9-19)5-7-21-14/h5,7-8,10-11H,1-4,6,9H2. The summed E-state index contributed by atoms with van der Waals surface area (Å²) in [6.45, 7) is 1.37. The Kier molecular flexibility index (Phi) is 2.98. The highest BCUT2D eigenvalue weighted by atomic mass is 16.3. The molecule has 5 heteroatoms. The fraction of sp³-hybridized carbons (Fsp3) is 0.438. The highest BCUT2D eigenvalue weighted by molar-refractivity contribution is 5.95. The molecule has 0 bridgehead atoms. The van der Waals surface area contributed by atoms with E-state index < -0.39 is 0 Å². The van der Waals surface area contributed by atoms with Gasteiger partial charge in [-0.05, 0) is 25.3 Å². The Morgan fingerprint density at radius 1 is 1.38 bits per heavy atom. The average Bonchev–Trinajstić information content (AvgIpc) is 3.30. The molecule has 3 heterocycles. The zero-order valence-corrected chi connectivity index (χ0v) is 11.8. The third-order valence-electron chi connectivity index (χ3n) is 4.26. The number of amides is 1. The molecule has 1 amide bonds. The Morgan fingerprint density at radius 2 is 2.29 bits per heavy atom. The van der Waals surface area contributed by atoms with Crippen LogP contribution in [0.3, 0.4) is 0 Å². The predicted molar refractivity (Wildman–Crippen MR) is 75.8 cm³/mol. The maximum atomic E-state index is 12.9. The van der Waals surface area contributed by atoms with Gasteiger partial charge < -0.3 is 9.32 Å². The molecule has 4 rings (SSSR count). The van der Waals surface area contributed by atoms with Gasteiger partial charge >= 0.3 is 0 Å². The highest BCUT2D eigenvalue weighted by Crippen LogP contribution is 2.40. The Bertz CT molecular complexity index is 676. The van der Waals surface area contributed by atoms with Gasteiger partial charge in [-0.25, -0.2) is 9.97 Å². The summed E-state index contributed by atoms with van der Waals surface area (Å²) < 4.78 is 5.48. The molecule has 1 saturated carbocycles. The Morgan fingerprint density at radius 3 is 3.14 bits per heavy atom. The van der Waals surface area contributed by atoms with E-state index in [-0.39, 0.29) is 5.91 Å². The lowest BCUT2D eigenvalue weighted by molar-refractivity contribution is 0.0743. The number of furan rings is 1. The van der Waals surface area contributed by atoms with Crippen molar-refractivity contribution in [1.82, 2.24) is 14.9 Å². The van der Waals surface area contributed by atoms with E-state index in [0.717, 1.165) is 49.2 Å². The second-order valence-electron chi connectivity index (χ2n) is 5.80. The number of carbonyl (C=O) groups is 1. The molecule has 0 unspecified atom stereocenters. The van der Waals surface area contributed by atoms with Gasteiger partial charge in [-0.3, -0.25) is 4.79 Å². The maximum absolute atomic E-state index is 12.9. The Balaban J connectivity index is 1.63. The maximum Gasteiger partial charge on any atom is 0.257 e. The second-order valence-corrected chi connectivity index (χ2v) is 5.80. The molecule has 1 fully saturated rings. The molecule has 1 aliphatic heterocycles. The quantitative estimate of drug-likeness (QED) is 0.849. The Hall–Kier alpha value is -2.17. The van der Waals surface area contributed by atoms with Crippen LogP contribution in [-0.4, -0.2) is 27.3 Å². The third-order valence-corrected chi connectivity index (χ3v) is 4.26. The van der Waals surface area contributed by atoms with Gasteiger partial charge in [0.1, 0.15) is 12.1 Å². The lowest BCUT2D eigenvalue weighted by Crippen LogP contribution is -2.31. The lowest BCUT2D eigenvalue weighted by atomic mass is 10.1. The molecule has 2 aliphatic rings. The van der Waals surface area contributed by atoms with E-state index in [1.54, 1.807) is 18.8 Å². The van der Waals surface area contributed by atoms with Crippen molar-refractivity contribution in [2.75, 3.05) is 6.54 Å². The van der Waals surface area contributed by atoms with Gasteiger partial charge in [-0.1, -0.05) is 0 Å². The largest absolute Gasteiger partial charge is 0.469 e. The minimum Gasteiger partial charge on any atom is -0.469 e. The van der Waals surface area contributed by atoms with E-state index in [4.69, 9.17) is 4.42 Å². The topological polar surface area (TPSA) is 59.2 Å². The first-order valence-corrected chi connectivity index (χ1v) is 7.47. The van der Waals surface area contributed by atoms with E-state index >= 15 is 0 Å². The zero-order chi connectivity index (χ0) is 14.2. The number of aryl methyl sites for hydroxylation is 1. The van der Waals surface area contributed by atoms with E-state index in [2.05, 4.69) is 9.97 Å². The van der Waals surface area contributed by atoms with Crippen molar-refractivity contribution in [3.8, 4) is 0 Å². The van der Waals surface area contributed by atoms with Crippen LogP contribution in [0.1, 0.15) is 52.6 Å². The van der Waals surface area contributed by atoms with Crippen LogP contribution in [0.2, 0.25) is 0 Å². The summed E-state index contributed by atoms with van der Waals surface area (Å²) in [5.74, 6) is 1.51. The van der Waals surface area contributed by atoms with Gasteiger partial charge in [0, 0.05) is 37.2 Å². The van der Waals surface area contributed by atoms with E-state index in [1.807, 2.05) is 11.0 Å². The SMILES string of the molecule is O=C(c1cncnc1C1CC1)N1CCCc2occc2C1. The van der Waals surface area contributed by atoms with Crippen LogP contribution in [0, 0.1) is 0 Å². The van der Waals surface area contributed by atoms with Crippen molar-refractivity contribution in [2.24, 2.45) is 0 Å². The number of nitrogens with zero attached hydrogens (tertiary/aromatic N) is 3. The number of fused-ring (bicyclic) bond motifs is 1. The van der Waals surface area contributed by atoms with Crippen molar-refractivity contribution >= 4 is 5.91 Å². The van der Waals surface area contributed by atoms with Crippen LogP contribution in [0.15, 0.2) is 29.3 Å². The smallest absolute Gasteiger partial charge is 0.257 e. The molecule has 1 aliphatic carbocycles. The summed E-state index contributed by atoms with van der Waals surface area (Å²) in [6, 6.07) is 1.96. The summed E-state index contributed by atoms with van der Waals surface area (Å²) in [5, 5.41) is 0. The fourth-order valence-corrected chi connectivity index (χ4v) is 2.97. The molecular formula is C16H17N3O2. The molecule has 2 aromatic rings. The minimum absolute atomic E-state index is 0.0477. The number of carbonyl (C=O) groups excluding carboxylic acids is 1. The van der Waals surface area contributed by atoms with E-state index in [0.29, 0.717) is 18.0 Å². The summed E-state index contributed by atoms with van der Waals surface area (Å²) in [5.41, 5.74) is 2.71. The van der Waals surface area contributed by atoms with Crippen LogP contribution in [0.5, 0.6) is 0 Å². The van der Waals surface area contributed by atoms with Gasteiger partial charge in [0.2, 0.25) is 0 Å². The first-order valence-electron chi connectivity index (χ1n) is 7.47. The number of rotatable bonds is 2. The van der Waals surface area contributed by atoms with Gasteiger partial charge in [-0.15, -0.1) is 0 Å². The molecule has 21 heavy (non-hydrogen) atoms. The van der Waals surface area contributed by atoms with Crippen molar-refractivity contribution in [1.29, 1.82) is 0 Å². The first kappa shape index (κ1) is 12.6. The fourth-order valence-electron chi connectivity index (χ4n) is 2.97. The normalized spacial score (nSPS) is 18.2. The molecule has 0 saturated heterocycles. The molecule has 108 valence electrons. The molecule has 0 N–H and O–H groups in total. The van der Waals surface area contributed by atoms with E-state index in [9.17, 15) is 4.79 Å².